The summed E-state index contributed by atoms with van der Waals surface area (Å²) in [7, 11) is 3.22. The largest absolute Gasteiger partial charge is 0.493 e. The summed E-state index contributed by atoms with van der Waals surface area (Å²) in [6.07, 6.45) is 2.23. The number of benzene rings is 2. The molecule has 1 saturated heterocycles. The summed E-state index contributed by atoms with van der Waals surface area (Å²) in [5.41, 5.74) is 5.52. The standard InChI is InChI=1S/C27H30N2O3/c1-19-15-23(21-7-5-4-6-8-21)18-24(28-19)22-11-13-29(14-12-22)27(30)17-20-9-10-25(31-2)26(16-20)32-3/h4-10,15-16,18,22H,11-14,17H2,1-3H3. The van der Waals surface area contributed by atoms with Crippen LogP contribution in [0, 0.1) is 6.92 Å². The summed E-state index contributed by atoms with van der Waals surface area (Å²) in [6, 6.07) is 20.4. The zero-order chi connectivity index (χ0) is 22.5. The molecule has 0 atom stereocenters. The van der Waals surface area contributed by atoms with Crippen molar-refractivity contribution in [2.75, 3.05) is 27.3 Å². The van der Waals surface area contributed by atoms with Gasteiger partial charge in [0.2, 0.25) is 5.91 Å². The van der Waals surface area contributed by atoms with Gasteiger partial charge in [-0.1, -0.05) is 36.4 Å². The minimum Gasteiger partial charge on any atom is -0.493 e. The molecule has 1 aliphatic heterocycles. The molecule has 1 aromatic heterocycles. The van der Waals surface area contributed by atoms with E-state index in [4.69, 9.17) is 14.5 Å². The maximum Gasteiger partial charge on any atom is 0.226 e. The number of hydrogen-bond donors (Lipinski definition) is 0. The number of ether oxygens (including phenoxy) is 2. The molecule has 1 fully saturated rings. The predicted molar refractivity (Wildman–Crippen MR) is 126 cm³/mol. The van der Waals surface area contributed by atoms with Crippen LogP contribution in [0.1, 0.15) is 35.7 Å². The lowest BCUT2D eigenvalue weighted by atomic mass is 9.91. The molecular weight excluding hydrogens is 400 g/mol. The zero-order valence-electron chi connectivity index (χ0n) is 19.0. The van der Waals surface area contributed by atoms with Crippen LogP contribution in [-0.2, 0) is 11.2 Å². The van der Waals surface area contributed by atoms with E-state index in [1.807, 2.05) is 29.2 Å². The number of hydrogen-bond acceptors (Lipinski definition) is 4. The number of aromatic nitrogens is 1. The Morgan fingerprint density at radius 2 is 1.66 bits per heavy atom. The number of carbonyl (C=O) groups excluding carboxylic acids is 1. The number of methoxy groups -OCH3 is 2. The van der Waals surface area contributed by atoms with Gasteiger partial charge >= 0.3 is 0 Å². The lowest BCUT2D eigenvalue weighted by molar-refractivity contribution is -0.131. The fraction of sp³-hybridized carbons (Fsp3) is 0.333. The second-order valence-corrected chi connectivity index (χ2v) is 8.31. The van der Waals surface area contributed by atoms with Crippen LogP contribution in [0.3, 0.4) is 0 Å². The third-order valence-electron chi connectivity index (χ3n) is 6.15. The van der Waals surface area contributed by atoms with E-state index >= 15 is 0 Å². The highest BCUT2D eigenvalue weighted by Crippen LogP contribution is 2.31. The van der Waals surface area contributed by atoms with Gasteiger partial charge in [-0.05, 0) is 60.7 Å². The third kappa shape index (κ3) is 4.93. The molecule has 32 heavy (non-hydrogen) atoms. The molecule has 1 amide bonds. The number of likely N-dealkylation sites (tertiary alicyclic amines) is 1. The SMILES string of the molecule is COc1ccc(CC(=O)N2CCC(c3cc(-c4ccccc4)cc(C)n3)CC2)cc1OC. The zero-order valence-corrected chi connectivity index (χ0v) is 19.0. The monoisotopic (exact) mass is 430 g/mol. The minimum absolute atomic E-state index is 0.151. The van der Waals surface area contributed by atoms with Crippen molar-refractivity contribution >= 4 is 5.91 Å². The Balaban J connectivity index is 1.40. The average molecular weight is 431 g/mol. The Kier molecular flexibility index (Phi) is 6.74. The molecule has 0 unspecified atom stereocenters. The molecule has 5 nitrogen and oxygen atoms in total. The van der Waals surface area contributed by atoms with Crippen molar-refractivity contribution < 1.29 is 14.3 Å². The van der Waals surface area contributed by atoms with Crippen molar-refractivity contribution in [2.24, 2.45) is 0 Å². The number of pyridine rings is 1. The van der Waals surface area contributed by atoms with Crippen molar-refractivity contribution in [1.29, 1.82) is 0 Å². The number of aryl methyl sites for hydroxylation is 1. The molecule has 4 rings (SSSR count). The van der Waals surface area contributed by atoms with Crippen LogP contribution >= 0.6 is 0 Å². The van der Waals surface area contributed by atoms with Gasteiger partial charge in [0.1, 0.15) is 0 Å². The molecule has 3 aromatic rings. The molecule has 2 aromatic carbocycles. The number of carbonyl (C=O) groups is 1. The van der Waals surface area contributed by atoms with Crippen LogP contribution in [0.2, 0.25) is 0 Å². The quantitative estimate of drug-likeness (QED) is 0.551. The maximum atomic E-state index is 12.9. The highest BCUT2D eigenvalue weighted by atomic mass is 16.5. The van der Waals surface area contributed by atoms with Crippen molar-refractivity contribution in [3.05, 3.63) is 77.6 Å². The van der Waals surface area contributed by atoms with Gasteiger partial charge in [-0.25, -0.2) is 0 Å². The Bertz CT molecular complexity index is 1070. The van der Waals surface area contributed by atoms with Gasteiger partial charge in [0.05, 0.1) is 20.6 Å². The van der Waals surface area contributed by atoms with Gasteiger partial charge in [0.15, 0.2) is 11.5 Å². The fourth-order valence-electron chi connectivity index (χ4n) is 4.40. The van der Waals surface area contributed by atoms with Crippen LogP contribution in [-0.4, -0.2) is 43.1 Å². The second-order valence-electron chi connectivity index (χ2n) is 8.31. The molecule has 2 heterocycles. The molecule has 1 aliphatic rings. The first-order valence-electron chi connectivity index (χ1n) is 11.1. The van der Waals surface area contributed by atoms with E-state index in [1.54, 1.807) is 14.2 Å². The molecule has 166 valence electrons. The van der Waals surface area contributed by atoms with E-state index < -0.39 is 0 Å². The van der Waals surface area contributed by atoms with Crippen molar-refractivity contribution in [3.63, 3.8) is 0 Å². The van der Waals surface area contributed by atoms with Gasteiger partial charge < -0.3 is 14.4 Å². The Labute approximate surface area is 190 Å². The molecule has 0 spiro atoms. The Hall–Kier alpha value is -3.34. The third-order valence-corrected chi connectivity index (χ3v) is 6.15. The summed E-state index contributed by atoms with van der Waals surface area (Å²) in [5.74, 6) is 1.85. The number of piperidine rings is 1. The van der Waals surface area contributed by atoms with Crippen LogP contribution in [0.5, 0.6) is 11.5 Å². The van der Waals surface area contributed by atoms with Crippen molar-refractivity contribution in [3.8, 4) is 22.6 Å². The van der Waals surface area contributed by atoms with Crippen LogP contribution in [0.15, 0.2) is 60.7 Å². The summed E-state index contributed by atoms with van der Waals surface area (Å²) in [6.45, 7) is 3.57. The van der Waals surface area contributed by atoms with Gasteiger partial charge in [0.25, 0.3) is 0 Å². The van der Waals surface area contributed by atoms with E-state index in [-0.39, 0.29) is 5.91 Å². The molecule has 0 aliphatic carbocycles. The molecule has 0 N–H and O–H groups in total. The Morgan fingerprint density at radius 3 is 2.34 bits per heavy atom. The summed E-state index contributed by atoms with van der Waals surface area (Å²) in [4.78, 5) is 19.7. The first kappa shape index (κ1) is 21.9. The molecule has 5 heteroatoms. The number of rotatable bonds is 6. The maximum absolute atomic E-state index is 12.9. The highest BCUT2D eigenvalue weighted by Gasteiger charge is 2.25. The highest BCUT2D eigenvalue weighted by molar-refractivity contribution is 5.79. The van der Waals surface area contributed by atoms with E-state index in [9.17, 15) is 4.79 Å². The molecule has 0 bridgehead atoms. The predicted octanol–water partition coefficient (Wildman–Crippen LogP) is 5.02. The van der Waals surface area contributed by atoms with E-state index in [1.165, 1.54) is 11.1 Å². The second kappa shape index (κ2) is 9.86. The number of nitrogens with zero attached hydrogens (tertiary/aromatic N) is 2. The summed E-state index contributed by atoms with van der Waals surface area (Å²) < 4.78 is 10.6. The van der Waals surface area contributed by atoms with E-state index in [0.29, 0.717) is 23.8 Å². The first-order valence-corrected chi connectivity index (χ1v) is 11.1. The van der Waals surface area contributed by atoms with Crippen LogP contribution < -0.4 is 9.47 Å². The fourth-order valence-corrected chi connectivity index (χ4v) is 4.40. The van der Waals surface area contributed by atoms with Crippen molar-refractivity contribution in [1.82, 2.24) is 9.88 Å². The van der Waals surface area contributed by atoms with Crippen molar-refractivity contribution in [2.45, 2.75) is 32.1 Å². The normalized spacial score (nSPS) is 14.3. The summed E-state index contributed by atoms with van der Waals surface area (Å²) >= 11 is 0. The number of amides is 1. The van der Waals surface area contributed by atoms with Gasteiger partial charge in [-0.15, -0.1) is 0 Å². The van der Waals surface area contributed by atoms with Crippen LogP contribution in [0.4, 0.5) is 0 Å². The van der Waals surface area contributed by atoms with Crippen LogP contribution in [0.25, 0.3) is 11.1 Å². The van der Waals surface area contributed by atoms with Gasteiger partial charge in [-0.2, -0.15) is 0 Å². The van der Waals surface area contributed by atoms with E-state index in [0.717, 1.165) is 42.9 Å². The lowest BCUT2D eigenvalue weighted by Crippen LogP contribution is -2.39. The lowest BCUT2D eigenvalue weighted by Gasteiger charge is -2.32. The van der Waals surface area contributed by atoms with Gasteiger partial charge in [-0.3, -0.25) is 9.78 Å². The summed E-state index contributed by atoms with van der Waals surface area (Å²) in [5, 5.41) is 0. The first-order chi connectivity index (χ1) is 15.6. The smallest absolute Gasteiger partial charge is 0.226 e. The molecule has 0 saturated carbocycles. The minimum atomic E-state index is 0.151. The molecule has 0 radical (unpaired) electrons. The Morgan fingerprint density at radius 1 is 0.938 bits per heavy atom. The van der Waals surface area contributed by atoms with Gasteiger partial charge in [0, 0.05) is 30.4 Å². The molecular formula is C27H30N2O3. The average Bonchev–Trinajstić information content (AvgIpc) is 2.84. The van der Waals surface area contributed by atoms with E-state index in [2.05, 4.69) is 43.3 Å². The topological polar surface area (TPSA) is 51.7 Å².